The number of sulfonamides is 1. The minimum absolute atomic E-state index is 0.0639. The van der Waals surface area contributed by atoms with Crippen molar-refractivity contribution in [3.05, 3.63) is 58.6 Å². The highest BCUT2D eigenvalue weighted by atomic mass is 35.5. The topological polar surface area (TPSA) is 87.3 Å². The highest BCUT2D eigenvalue weighted by Crippen LogP contribution is 2.22. The molecule has 0 aliphatic heterocycles. The molecule has 0 radical (unpaired) electrons. The molecule has 2 rings (SSSR count). The summed E-state index contributed by atoms with van der Waals surface area (Å²) in [6.07, 6.45) is 0. The van der Waals surface area contributed by atoms with Crippen molar-refractivity contribution in [3.63, 3.8) is 0 Å². The van der Waals surface area contributed by atoms with Crippen LogP contribution in [0.4, 0.5) is 5.69 Å². The molecule has 0 heterocycles. The van der Waals surface area contributed by atoms with Crippen LogP contribution >= 0.6 is 11.6 Å². The number of benzene rings is 2. The Labute approximate surface area is 159 Å². The van der Waals surface area contributed by atoms with Gasteiger partial charge in [-0.2, -0.15) is 0 Å². The summed E-state index contributed by atoms with van der Waals surface area (Å²) < 4.78 is 26.3. The first-order valence-corrected chi connectivity index (χ1v) is 9.92. The molecule has 0 fully saturated rings. The SMILES string of the molecule is CNS(=O)(=O)c1cc(NC(=O)CNC(C)c2ccccc2Cl)ccc1C. The summed E-state index contributed by atoms with van der Waals surface area (Å²) >= 11 is 6.15. The second-order valence-corrected chi connectivity index (χ2v) is 8.12. The Bertz CT molecular complexity index is 900. The van der Waals surface area contributed by atoms with E-state index in [2.05, 4.69) is 15.4 Å². The smallest absolute Gasteiger partial charge is 0.240 e. The van der Waals surface area contributed by atoms with E-state index >= 15 is 0 Å². The molecule has 0 aromatic heterocycles. The standard InChI is InChI=1S/C18H22ClN3O3S/c1-12-8-9-14(10-17(12)26(24,25)20-3)22-18(23)11-21-13(2)15-6-4-5-7-16(15)19/h4-10,13,20-21H,11H2,1-3H3,(H,22,23). The van der Waals surface area contributed by atoms with Gasteiger partial charge in [0.2, 0.25) is 15.9 Å². The molecule has 2 aromatic carbocycles. The summed E-state index contributed by atoms with van der Waals surface area (Å²) in [7, 11) is -2.24. The van der Waals surface area contributed by atoms with Crippen molar-refractivity contribution in [2.75, 3.05) is 18.9 Å². The maximum atomic E-state index is 12.2. The van der Waals surface area contributed by atoms with Crippen molar-refractivity contribution in [2.45, 2.75) is 24.8 Å². The molecule has 1 atom stereocenters. The van der Waals surface area contributed by atoms with Crippen LogP contribution in [-0.4, -0.2) is 27.9 Å². The van der Waals surface area contributed by atoms with Gasteiger partial charge in [-0.1, -0.05) is 35.9 Å². The molecule has 1 unspecified atom stereocenters. The third kappa shape index (κ3) is 5.04. The van der Waals surface area contributed by atoms with E-state index in [9.17, 15) is 13.2 Å². The lowest BCUT2D eigenvalue weighted by atomic mass is 10.1. The minimum atomic E-state index is -3.59. The molecule has 26 heavy (non-hydrogen) atoms. The summed E-state index contributed by atoms with van der Waals surface area (Å²) in [5, 5.41) is 6.43. The van der Waals surface area contributed by atoms with Crippen LogP contribution in [0.2, 0.25) is 5.02 Å². The molecule has 0 saturated heterocycles. The van der Waals surface area contributed by atoms with E-state index < -0.39 is 10.0 Å². The fraction of sp³-hybridized carbons (Fsp3) is 0.278. The third-order valence-electron chi connectivity index (χ3n) is 3.97. The number of hydrogen-bond acceptors (Lipinski definition) is 4. The van der Waals surface area contributed by atoms with Gasteiger partial charge >= 0.3 is 0 Å². The van der Waals surface area contributed by atoms with Gasteiger partial charge in [0.25, 0.3) is 0 Å². The van der Waals surface area contributed by atoms with Gasteiger partial charge in [0.05, 0.1) is 11.4 Å². The predicted octanol–water partition coefficient (Wildman–Crippen LogP) is 2.85. The molecule has 0 bridgehead atoms. The van der Waals surface area contributed by atoms with Gasteiger partial charge in [0.1, 0.15) is 0 Å². The van der Waals surface area contributed by atoms with Crippen molar-refractivity contribution < 1.29 is 13.2 Å². The number of halogens is 1. The molecule has 8 heteroatoms. The van der Waals surface area contributed by atoms with E-state index in [4.69, 9.17) is 11.6 Å². The monoisotopic (exact) mass is 395 g/mol. The summed E-state index contributed by atoms with van der Waals surface area (Å²) in [5.41, 5.74) is 1.92. The van der Waals surface area contributed by atoms with Crippen LogP contribution in [0.1, 0.15) is 24.1 Å². The maximum absolute atomic E-state index is 12.2. The normalized spacial score (nSPS) is 12.6. The van der Waals surface area contributed by atoms with Crippen molar-refractivity contribution in [1.82, 2.24) is 10.0 Å². The molecular weight excluding hydrogens is 374 g/mol. The van der Waals surface area contributed by atoms with Crippen LogP contribution in [0.5, 0.6) is 0 Å². The number of aryl methyl sites for hydroxylation is 1. The van der Waals surface area contributed by atoms with Crippen molar-refractivity contribution in [1.29, 1.82) is 0 Å². The van der Waals surface area contributed by atoms with Gasteiger partial charge in [-0.3, -0.25) is 4.79 Å². The largest absolute Gasteiger partial charge is 0.325 e. The number of carbonyl (C=O) groups excluding carboxylic acids is 1. The van der Waals surface area contributed by atoms with E-state index in [1.165, 1.54) is 13.1 Å². The zero-order valence-electron chi connectivity index (χ0n) is 14.8. The van der Waals surface area contributed by atoms with Crippen LogP contribution < -0.4 is 15.4 Å². The molecular formula is C18H22ClN3O3S. The Morgan fingerprint density at radius 1 is 1.19 bits per heavy atom. The van der Waals surface area contributed by atoms with E-state index in [1.807, 2.05) is 25.1 Å². The zero-order valence-corrected chi connectivity index (χ0v) is 16.4. The molecule has 2 aromatic rings. The summed E-state index contributed by atoms with van der Waals surface area (Å²) in [6.45, 7) is 3.68. The number of hydrogen-bond donors (Lipinski definition) is 3. The van der Waals surface area contributed by atoms with Crippen molar-refractivity contribution in [2.24, 2.45) is 0 Å². The highest BCUT2D eigenvalue weighted by molar-refractivity contribution is 7.89. The maximum Gasteiger partial charge on any atom is 0.240 e. The number of anilines is 1. The quantitative estimate of drug-likeness (QED) is 0.672. The van der Waals surface area contributed by atoms with Crippen LogP contribution in [0.3, 0.4) is 0 Å². The van der Waals surface area contributed by atoms with E-state index in [0.29, 0.717) is 16.3 Å². The van der Waals surface area contributed by atoms with Crippen LogP contribution in [-0.2, 0) is 14.8 Å². The lowest BCUT2D eigenvalue weighted by molar-refractivity contribution is -0.115. The summed E-state index contributed by atoms with van der Waals surface area (Å²) in [6, 6.07) is 12.1. The molecule has 0 aliphatic carbocycles. The van der Waals surface area contributed by atoms with Gasteiger partial charge in [-0.15, -0.1) is 0 Å². The minimum Gasteiger partial charge on any atom is -0.325 e. The van der Waals surface area contributed by atoms with E-state index in [0.717, 1.165) is 5.56 Å². The third-order valence-corrected chi connectivity index (χ3v) is 5.87. The Morgan fingerprint density at radius 3 is 2.54 bits per heavy atom. The van der Waals surface area contributed by atoms with E-state index in [-0.39, 0.29) is 23.4 Å². The molecule has 6 nitrogen and oxygen atoms in total. The molecule has 0 saturated carbocycles. The number of amides is 1. The first-order chi connectivity index (χ1) is 12.2. The number of rotatable bonds is 7. The van der Waals surface area contributed by atoms with Gasteiger partial charge < -0.3 is 10.6 Å². The first-order valence-electron chi connectivity index (χ1n) is 8.06. The lowest BCUT2D eigenvalue weighted by Gasteiger charge is -2.16. The summed E-state index contributed by atoms with van der Waals surface area (Å²) in [5.74, 6) is -0.277. The Kier molecular flexibility index (Phi) is 6.77. The van der Waals surface area contributed by atoms with Gasteiger partial charge in [0, 0.05) is 16.8 Å². The summed E-state index contributed by atoms with van der Waals surface area (Å²) in [4.78, 5) is 12.3. The molecule has 0 spiro atoms. The van der Waals surface area contributed by atoms with Gasteiger partial charge in [-0.25, -0.2) is 13.1 Å². The van der Waals surface area contributed by atoms with Crippen LogP contribution in [0.15, 0.2) is 47.4 Å². The average Bonchev–Trinajstić information content (AvgIpc) is 2.61. The molecule has 140 valence electrons. The fourth-order valence-electron chi connectivity index (χ4n) is 2.46. The molecule has 3 N–H and O–H groups in total. The molecule has 1 amide bonds. The zero-order chi connectivity index (χ0) is 19.3. The Morgan fingerprint density at radius 2 is 1.88 bits per heavy atom. The van der Waals surface area contributed by atoms with Crippen LogP contribution in [0, 0.1) is 6.92 Å². The highest BCUT2D eigenvalue weighted by Gasteiger charge is 2.16. The molecule has 0 aliphatic rings. The Balaban J connectivity index is 2.02. The van der Waals surface area contributed by atoms with Crippen molar-refractivity contribution >= 4 is 33.2 Å². The first kappa shape index (κ1) is 20.4. The van der Waals surface area contributed by atoms with Gasteiger partial charge in [-0.05, 0) is 50.2 Å². The number of nitrogens with one attached hydrogen (secondary N) is 3. The van der Waals surface area contributed by atoms with Crippen molar-refractivity contribution in [3.8, 4) is 0 Å². The second-order valence-electron chi connectivity index (χ2n) is 5.86. The van der Waals surface area contributed by atoms with E-state index in [1.54, 1.807) is 25.1 Å². The second kappa shape index (κ2) is 8.64. The number of carbonyl (C=O) groups is 1. The predicted molar refractivity (Wildman–Crippen MR) is 104 cm³/mol. The average molecular weight is 396 g/mol. The van der Waals surface area contributed by atoms with Crippen LogP contribution in [0.25, 0.3) is 0 Å². The lowest BCUT2D eigenvalue weighted by Crippen LogP contribution is -2.30. The fourth-order valence-corrected chi connectivity index (χ4v) is 3.76. The Hall–Kier alpha value is -1.93. The van der Waals surface area contributed by atoms with Gasteiger partial charge in [0.15, 0.2) is 0 Å².